The van der Waals surface area contributed by atoms with Crippen LogP contribution in [0.4, 0.5) is 0 Å². The minimum absolute atomic E-state index is 0.0139. The lowest BCUT2D eigenvalue weighted by Crippen LogP contribution is -2.12. The van der Waals surface area contributed by atoms with E-state index in [0.29, 0.717) is 32.8 Å². The maximum atomic E-state index is 12.7. The first-order valence-electron chi connectivity index (χ1n) is 8.74. The molecular weight excluding hydrogens is 855 g/mol. The van der Waals surface area contributed by atoms with Crippen LogP contribution >= 0.6 is 114 Å². The number of phenols is 1. The number of carboxylic acids is 1. The van der Waals surface area contributed by atoms with E-state index < -0.39 is 5.97 Å². The molecule has 2 N–H and O–H groups in total. The van der Waals surface area contributed by atoms with Gasteiger partial charge >= 0.3 is 5.97 Å². The maximum absolute atomic E-state index is 12.7. The van der Waals surface area contributed by atoms with Crippen LogP contribution in [0.15, 0.2) is 21.3 Å². The molecule has 4 rings (SSSR count). The van der Waals surface area contributed by atoms with Crippen LogP contribution in [0.2, 0.25) is 20.1 Å². The van der Waals surface area contributed by atoms with E-state index in [2.05, 4.69) is 0 Å². The molecule has 0 aromatic heterocycles. The molecule has 0 saturated heterocycles. The molecule has 0 atom stereocenters. The third-order valence-corrected chi connectivity index (χ3v) is 9.46. The summed E-state index contributed by atoms with van der Waals surface area (Å²) in [6.45, 7) is 1.60. The van der Waals surface area contributed by atoms with E-state index in [4.69, 9.17) is 50.8 Å². The summed E-state index contributed by atoms with van der Waals surface area (Å²) < 4.78 is 7.38. The Morgan fingerprint density at radius 3 is 2.15 bits per heavy atom. The zero-order chi connectivity index (χ0) is 24.5. The number of hydrogen-bond donors (Lipinski definition) is 2. The van der Waals surface area contributed by atoms with Gasteiger partial charge in [-0.2, -0.15) is 0 Å². The van der Waals surface area contributed by atoms with Gasteiger partial charge < -0.3 is 14.6 Å². The van der Waals surface area contributed by atoms with Crippen LogP contribution in [-0.4, -0.2) is 16.2 Å². The molecule has 1 heterocycles. The smallest absolute Gasteiger partial charge is 0.337 e. The topological polar surface area (TPSA) is 87.7 Å². The molecule has 5 nitrogen and oxygen atoms in total. The molecule has 2 aromatic carbocycles. The molecule has 0 amide bonds. The fraction of sp³-hybridized carbons (Fsp3) is 0.0476. The molecule has 170 valence electrons. The van der Waals surface area contributed by atoms with Gasteiger partial charge in [-0.25, -0.2) is 4.79 Å². The molecule has 1 aliphatic heterocycles. The standard InChI is InChI=1S/C21H7Cl4I3O5/c1-4-17(29)7(26)2-5-9(6-3-8(27)18(30)16(28)20(6)33-19(4)5)10-11(21(31)32)13(23)15(25)14(24)12(10)22/h2-3,30H,1H3,(H,31,32). The zero-order valence-corrected chi connectivity index (χ0v) is 25.4. The summed E-state index contributed by atoms with van der Waals surface area (Å²) >= 11 is 31.2. The number of phenolic OH excluding ortho intramolecular Hbond substituents is 1. The summed E-state index contributed by atoms with van der Waals surface area (Å²) in [5, 5.41) is 20.3. The molecule has 0 spiro atoms. The van der Waals surface area contributed by atoms with Crippen molar-refractivity contribution < 1.29 is 19.4 Å². The van der Waals surface area contributed by atoms with Crippen molar-refractivity contribution in [1.82, 2.24) is 0 Å². The summed E-state index contributed by atoms with van der Waals surface area (Å²) in [4.78, 5) is 25.0. The average molecular weight is 862 g/mol. The van der Waals surface area contributed by atoms with Gasteiger partial charge in [-0.3, -0.25) is 4.79 Å². The Bertz CT molecular complexity index is 1570. The molecule has 12 heteroatoms. The van der Waals surface area contributed by atoms with Crippen LogP contribution < -0.4 is 5.43 Å². The molecule has 0 saturated carbocycles. The Morgan fingerprint density at radius 2 is 1.55 bits per heavy atom. The third kappa shape index (κ3) is 4.01. The van der Waals surface area contributed by atoms with Gasteiger partial charge in [0.2, 0.25) is 0 Å². The van der Waals surface area contributed by atoms with E-state index in [1.807, 2.05) is 67.8 Å². The number of aromatic hydroxyl groups is 1. The minimum Gasteiger partial charge on any atom is -0.506 e. The van der Waals surface area contributed by atoms with Gasteiger partial charge in [0, 0.05) is 27.6 Å². The first-order chi connectivity index (χ1) is 15.4. The molecular formula is C21H7Cl4I3O5. The number of fused-ring (bicyclic) bond motifs is 2. The second-order valence-electron chi connectivity index (χ2n) is 6.88. The van der Waals surface area contributed by atoms with Gasteiger partial charge in [-0.15, -0.1) is 0 Å². The van der Waals surface area contributed by atoms with E-state index in [1.54, 1.807) is 19.1 Å². The molecule has 2 aromatic rings. The van der Waals surface area contributed by atoms with E-state index in [-0.39, 0.29) is 53.7 Å². The van der Waals surface area contributed by atoms with Crippen LogP contribution in [-0.2, 0) is 0 Å². The van der Waals surface area contributed by atoms with Crippen molar-refractivity contribution in [3.05, 3.63) is 64.3 Å². The third-order valence-electron chi connectivity index (χ3n) is 5.04. The fourth-order valence-electron chi connectivity index (χ4n) is 3.52. The summed E-state index contributed by atoms with van der Waals surface area (Å²) in [5.74, 6) is -1.16. The molecule has 0 radical (unpaired) electrons. The minimum atomic E-state index is -1.37. The monoisotopic (exact) mass is 860 g/mol. The molecule has 2 aliphatic rings. The lowest BCUT2D eigenvalue weighted by Gasteiger charge is -2.22. The van der Waals surface area contributed by atoms with Crippen molar-refractivity contribution in [2.75, 3.05) is 0 Å². The van der Waals surface area contributed by atoms with Crippen molar-refractivity contribution in [2.24, 2.45) is 0 Å². The lowest BCUT2D eigenvalue weighted by atomic mass is 9.89. The van der Waals surface area contributed by atoms with Crippen LogP contribution in [0, 0.1) is 17.6 Å². The van der Waals surface area contributed by atoms with Crippen molar-refractivity contribution in [1.29, 1.82) is 0 Å². The Kier molecular flexibility index (Phi) is 7.30. The van der Waals surface area contributed by atoms with E-state index >= 15 is 0 Å². The summed E-state index contributed by atoms with van der Waals surface area (Å²) in [6, 6.07) is 3.23. The largest absolute Gasteiger partial charge is 0.506 e. The quantitative estimate of drug-likeness (QED) is 0.0913. The first-order valence-corrected chi connectivity index (χ1v) is 13.5. The van der Waals surface area contributed by atoms with E-state index in [0.717, 1.165) is 0 Å². The number of aromatic carboxylic acids is 1. The predicted molar refractivity (Wildman–Crippen MR) is 156 cm³/mol. The first kappa shape index (κ1) is 25.8. The number of hydrogen-bond acceptors (Lipinski definition) is 4. The van der Waals surface area contributed by atoms with Crippen molar-refractivity contribution >= 4 is 131 Å². The van der Waals surface area contributed by atoms with Crippen LogP contribution in [0.1, 0.15) is 15.9 Å². The Balaban J connectivity index is 2.43. The van der Waals surface area contributed by atoms with Crippen molar-refractivity contribution in [2.45, 2.75) is 6.92 Å². The highest BCUT2D eigenvalue weighted by Crippen LogP contribution is 2.52. The lowest BCUT2D eigenvalue weighted by molar-refractivity contribution is 0.0698. The highest BCUT2D eigenvalue weighted by Gasteiger charge is 2.32. The van der Waals surface area contributed by atoms with E-state index in [1.165, 1.54) is 0 Å². The van der Waals surface area contributed by atoms with Crippen LogP contribution in [0.3, 0.4) is 0 Å². The highest BCUT2D eigenvalue weighted by molar-refractivity contribution is 14.1. The molecule has 0 unspecified atom stereocenters. The van der Waals surface area contributed by atoms with Crippen LogP contribution in [0.25, 0.3) is 33.4 Å². The molecule has 0 fully saturated rings. The Hall–Kier alpha value is -0.250. The van der Waals surface area contributed by atoms with Gasteiger partial charge in [0.1, 0.15) is 11.5 Å². The van der Waals surface area contributed by atoms with Crippen molar-refractivity contribution in [3.63, 3.8) is 0 Å². The van der Waals surface area contributed by atoms with Gasteiger partial charge in [-0.1, -0.05) is 46.4 Å². The molecule has 0 bridgehead atoms. The maximum Gasteiger partial charge on any atom is 0.337 e. The van der Waals surface area contributed by atoms with Gasteiger partial charge in [-0.05, 0) is 86.8 Å². The summed E-state index contributed by atoms with van der Waals surface area (Å²) in [7, 11) is 0. The number of carbonyl (C=O) groups is 1. The number of benzene rings is 3. The van der Waals surface area contributed by atoms with Gasteiger partial charge in [0.05, 0.1) is 36.4 Å². The zero-order valence-electron chi connectivity index (χ0n) is 15.9. The second-order valence-corrected chi connectivity index (χ2v) is 11.8. The normalized spacial score (nSPS) is 11.5. The number of carboxylic acid groups (broad SMARTS) is 1. The Labute approximate surface area is 247 Å². The number of halogens is 7. The van der Waals surface area contributed by atoms with Crippen molar-refractivity contribution in [3.8, 4) is 28.2 Å². The summed E-state index contributed by atoms with van der Waals surface area (Å²) in [5.41, 5.74) is 0.773. The SMILES string of the molecule is Cc1c2oc3c(I)c(O)c(I)cc3c(-c3c(Cl)c(Cl)c(Cl)c(Cl)c3C(=O)O)c-2cc(I)c1=O. The molecule has 33 heavy (non-hydrogen) atoms. The highest BCUT2D eigenvalue weighted by atomic mass is 127. The number of rotatable bonds is 2. The Morgan fingerprint density at radius 1 is 0.939 bits per heavy atom. The molecule has 1 aliphatic carbocycles. The predicted octanol–water partition coefficient (Wildman–Crippen LogP) is 8.70. The van der Waals surface area contributed by atoms with Gasteiger partial charge in [0.15, 0.2) is 11.0 Å². The van der Waals surface area contributed by atoms with E-state index in [9.17, 15) is 19.8 Å². The summed E-state index contributed by atoms with van der Waals surface area (Å²) in [6.07, 6.45) is 0. The van der Waals surface area contributed by atoms with Crippen LogP contribution in [0.5, 0.6) is 5.75 Å². The van der Waals surface area contributed by atoms with Gasteiger partial charge in [0.25, 0.3) is 0 Å². The fourth-order valence-corrected chi connectivity index (χ4v) is 7.05. The average Bonchev–Trinajstić information content (AvgIpc) is 2.76. The second kappa shape index (κ2) is 9.32.